The molecule has 1 fully saturated rings. The normalized spacial score (nSPS) is 17.9. The average molecular weight is 437 g/mol. The number of ketones is 1. The van der Waals surface area contributed by atoms with E-state index in [1.807, 2.05) is 55.4 Å². The van der Waals surface area contributed by atoms with Gasteiger partial charge in [0.05, 0.1) is 18.2 Å². The molecule has 0 saturated carbocycles. The molecule has 1 unspecified atom stereocenters. The molecule has 6 nitrogen and oxygen atoms in total. The van der Waals surface area contributed by atoms with Crippen LogP contribution in [0.1, 0.15) is 43.4 Å². The second-order valence-electron chi connectivity index (χ2n) is 8.29. The number of amides is 1. The minimum absolute atomic E-state index is 0.122. The lowest BCUT2D eigenvalue weighted by molar-refractivity contribution is -0.139. The Morgan fingerprint density at radius 2 is 1.81 bits per heavy atom. The Morgan fingerprint density at radius 3 is 2.50 bits per heavy atom. The lowest BCUT2D eigenvalue weighted by Gasteiger charge is -2.26. The number of hydrogen-bond acceptors (Lipinski definition) is 5. The fourth-order valence-corrected chi connectivity index (χ4v) is 3.87. The first kappa shape index (κ1) is 23.5. The molecule has 1 amide bonds. The van der Waals surface area contributed by atoms with Gasteiger partial charge in [-0.05, 0) is 51.2 Å². The highest BCUT2D eigenvalue weighted by atomic mass is 16.5. The van der Waals surface area contributed by atoms with Gasteiger partial charge in [0.25, 0.3) is 11.7 Å². The van der Waals surface area contributed by atoms with E-state index in [0.29, 0.717) is 24.5 Å². The van der Waals surface area contributed by atoms with Gasteiger partial charge in [-0.15, -0.1) is 0 Å². The van der Waals surface area contributed by atoms with Crippen molar-refractivity contribution in [3.8, 4) is 5.75 Å². The predicted molar refractivity (Wildman–Crippen MR) is 125 cm³/mol. The number of aliphatic hydroxyl groups excluding tert-OH is 1. The quantitative estimate of drug-likeness (QED) is 0.261. The SMILES string of the molecule is CCCCOc1cccc(/C(O)=C2\C(=O)C(=O)N(CCCN(C)C)C2c2ccccc2)c1. The Bertz CT molecular complexity index is 969. The molecule has 2 aromatic carbocycles. The van der Waals surface area contributed by atoms with Crippen molar-refractivity contribution in [1.29, 1.82) is 0 Å². The van der Waals surface area contributed by atoms with Gasteiger partial charge in [0, 0.05) is 12.1 Å². The van der Waals surface area contributed by atoms with E-state index in [2.05, 4.69) is 6.92 Å². The molecule has 0 radical (unpaired) electrons. The first-order valence-electron chi connectivity index (χ1n) is 11.1. The van der Waals surface area contributed by atoms with Crippen molar-refractivity contribution in [2.45, 2.75) is 32.2 Å². The van der Waals surface area contributed by atoms with E-state index < -0.39 is 17.7 Å². The van der Waals surface area contributed by atoms with E-state index >= 15 is 0 Å². The van der Waals surface area contributed by atoms with Crippen LogP contribution in [0, 0.1) is 0 Å². The summed E-state index contributed by atoms with van der Waals surface area (Å²) >= 11 is 0. The number of aliphatic hydroxyl groups is 1. The largest absolute Gasteiger partial charge is 0.507 e. The highest BCUT2D eigenvalue weighted by Crippen LogP contribution is 2.39. The summed E-state index contributed by atoms with van der Waals surface area (Å²) in [5.41, 5.74) is 1.39. The summed E-state index contributed by atoms with van der Waals surface area (Å²) in [4.78, 5) is 29.6. The number of Topliss-reactive ketones (excluding diaryl/α,β-unsaturated/α-hetero) is 1. The Kier molecular flexibility index (Phi) is 8.06. The highest BCUT2D eigenvalue weighted by Gasteiger charge is 2.45. The minimum atomic E-state index is -0.654. The van der Waals surface area contributed by atoms with Gasteiger partial charge in [-0.1, -0.05) is 55.8 Å². The molecule has 1 saturated heterocycles. The zero-order valence-corrected chi connectivity index (χ0v) is 19.1. The van der Waals surface area contributed by atoms with E-state index in [1.54, 1.807) is 23.1 Å². The summed E-state index contributed by atoms with van der Waals surface area (Å²) in [5, 5.41) is 11.2. The average Bonchev–Trinajstić information content (AvgIpc) is 3.04. The van der Waals surface area contributed by atoms with Gasteiger partial charge in [-0.25, -0.2) is 0 Å². The number of likely N-dealkylation sites (tertiary alicyclic amines) is 1. The molecule has 1 aliphatic rings. The molecule has 32 heavy (non-hydrogen) atoms. The van der Waals surface area contributed by atoms with E-state index in [-0.39, 0.29) is 11.3 Å². The van der Waals surface area contributed by atoms with Gasteiger partial charge in [0.15, 0.2) is 0 Å². The topological polar surface area (TPSA) is 70.1 Å². The number of carbonyl (C=O) groups excluding carboxylic acids is 2. The van der Waals surface area contributed by atoms with E-state index in [9.17, 15) is 14.7 Å². The molecule has 0 spiro atoms. The lowest BCUT2D eigenvalue weighted by Crippen LogP contribution is -2.32. The number of ether oxygens (including phenoxy) is 1. The van der Waals surface area contributed by atoms with E-state index in [0.717, 1.165) is 31.4 Å². The Balaban J connectivity index is 2.00. The third-order valence-corrected chi connectivity index (χ3v) is 5.53. The first-order valence-corrected chi connectivity index (χ1v) is 11.1. The van der Waals surface area contributed by atoms with Crippen LogP contribution in [-0.2, 0) is 9.59 Å². The van der Waals surface area contributed by atoms with E-state index in [4.69, 9.17) is 4.74 Å². The second kappa shape index (κ2) is 11.0. The van der Waals surface area contributed by atoms with Crippen molar-refractivity contribution in [1.82, 2.24) is 9.80 Å². The number of benzene rings is 2. The van der Waals surface area contributed by atoms with Crippen molar-refractivity contribution < 1.29 is 19.4 Å². The number of rotatable bonds is 10. The van der Waals surface area contributed by atoms with Crippen molar-refractivity contribution >= 4 is 17.4 Å². The number of hydrogen-bond donors (Lipinski definition) is 1. The van der Waals surface area contributed by atoms with Gasteiger partial charge in [-0.3, -0.25) is 9.59 Å². The van der Waals surface area contributed by atoms with Crippen molar-refractivity contribution in [3.05, 3.63) is 71.3 Å². The highest BCUT2D eigenvalue weighted by molar-refractivity contribution is 6.46. The van der Waals surface area contributed by atoms with Crippen LogP contribution in [0.25, 0.3) is 5.76 Å². The Morgan fingerprint density at radius 1 is 1.06 bits per heavy atom. The zero-order valence-electron chi connectivity index (χ0n) is 19.1. The molecule has 0 bridgehead atoms. The van der Waals surface area contributed by atoms with Crippen LogP contribution in [0.3, 0.4) is 0 Å². The Labute approximate surface area is 190 Å². The summed E-state index contributed by atoms with van der Waals surface area (Å²) in [5.74, 6) is -0.778. The predicted octanol–water partition coefficient (Wildman–Crippen LogP) is 4.24. The third kappa shape index (κ3) is 5.37. The maximum Gasteiger partial charge on any atom is 0.295 e. The van der Waals surface area contributed by atoms with Crippen molar-refractivity contribution in [2.24, 2.45) is 0 Å². The number of nitrogens with zero attached hydrogens (tertiary/aromatic N) is 2. The molecule has 0 aromatic heterocycles. The second-order valence-corrected chi connectivity index (χ2v) is 8.29. The van der Waals surface area contributed by atoms with Gasteiger partial charge < -0.3 is 19.6 Å². The standard InChI is InChI=1S/C26H32N2O4/c1-4-5-17-32-21-14-9-13-20(18-21)24(29)22-23(19-11-7-6-8-12-19)28(26(31)25(22)30)16-10-15-27(2)3/h6-9,11-14,18,23,29H,4-5,10,15-17H2,1-3H3/b24-22+. The molecular weight excluding hydrogens is 404 g/mol. The van der Waals surface area contributed by atoms with Gasteiger partial charge >= 0.3 is 0 Å². The van der Waals surface area contributed by atoms with Crippen molar-refractivity contribution in [3.63, 3.8) is 0 Å². The Hall–Kier alpha value is -3.12. The molecule has 3 rings (SSSR count). The molecule has 1 aliphatic heterocycles. The zero-order chi connectivity index (χ0) is 23.1. The summed E-state index contributed by atoms with van der Waals surface area (Å²) in [6.07, 6.45) is 2.68. The van der Waals surface area contributed by atoms with Crippen LogP contribution < -0.4 is 4.74 Å². The molecular formula is C26H32N2O4. The van der Waals surface area contributed by atoms with Crippen LogP contribution >= 0.6 is 0 Å². The monoisotopic (exact) mass is 436 g/mol. The molecule has 2 aromatic rings. The van der Waals surface area contributed by atoms with Crippen LogP contribution in [0.5, 0.6) is 5.75 Å². The summed E-state index contributed by atoms with van der Waals surface area (Å²) in [7, 11) is 3.94. The fourth-order valence-electron chi connectivity index (χ4n) is 3.87. The lowest BCUT2D eigenvalue weighted by atomic mass is 9.95. The molecule has 1 heterocycles. The maximum absolute atomic E-state index is 13.1. The molecule has 0 aliphatic carbocycles. The summed E-state index contributed by atoms with van der Waals surface area (Å²) in [6.45, 7) is 3.90. The van der Waals surface area contributed by atoms with E-state index in [1.165, 1.54) is 0 Å². The minimum Gasteiger partial charge on any atom is -0.507 e. The molecule has 6 heteroatoms. The summed E-state index contributed by atoms with van der Waals surface area (Å²) in [6, 6.07) is 15.8. The van der Waals surface area contributed by atoms with Gasteiger partial charge in [-0.2, -0.15) is 0 Å². The summed E-state index contributed by atoms with van der Waals surface area (Å²) < 4.78 is 5.76. The number of carbonyl (C=O) groups is 2. The first-order chi connectivity index (χ1) is 15.4. The van der Waals surface area contributed by atoms with Crippen LogP contribution in [-0.4, -0.2) is 60.4 Å². The smallest absolute Gasteiger partial charge is 0.295 e. The van der Waals surface area contributed by atoms with Gasteiger partial charge in [0.1, 0.15) is 11.5 Å². The molecule has 1 atom stereocenters. The van der Waals surface area contributed by atoms with Crippen LogP contribution in [0.4, 0.5) is 0 Å². The molecule has 1 N–H and O–H groups in total. The molecule has 170 valence electrons. The van der Waals surface area contributed by atoms with Gasteiger partial charge in [0.2, 0.25) is 0 Å². The fraction of sp³-hybridized carbons (Fsp3) is 0.385. The third-order valence-electron chi connectivity index (χ3n) is 5.53. The maximum atomic E-state index is 13.1. The van der Waals surface area contributed by atoms with Crippen molar-refractivity contribution in [2.75, 3.05) is 33.8 Å². The number of unbranched alkanes of at least 4 members (excludes halogenated alkanes) is 1. The van der Waals surface area contributed by atoms with Crippen LogP contribution in [0.15, 0.2) is 60.2 Å². The van der Waals surface area contributed by atoms with Crippen LogP contribution in [0.2, 0.25) is 0 Å².